The minimum atomic E-state index is 0. The molecule has 0 atom stereocenters. The van der Waals surface area contributed by atoms with E-state index in [2.05, 4.69) is 3.10 Å². The van der Waals surface area contributed by atoms with Crippen LogP contribution in [0.15, 0.2) is 0 Å². The molecule has 0 heterocycles. The van der Waals surface area contributed by atoms with Crippen molar-refractivity contribution in [1.29, 1.82) is 5.26 Å². The van der Waals surface area contributed by atoms with Gasteiger partial charge in [0.2, 0.25) is 0 Å². The van der Waals surface area contributed by atoms with Gasteiger partial charge in [0.25, 0.3) is 0 Å². The van der Waals surface area contributed by atoms with E-state index in [-0.39, 0.29) is 52.8 Å². The van der Waals surface area contributed by atoms with Crippen molar-refractivity contribution in [1.82, 2.24) is 0 Å². The summed E-state index contributed by atoms with van der Waals surface area (Å²) in [6, 6.07) is 0. The summed E-state index contributed by atoms with van der Waals surface area (Å²) in [6.45, 7) is 0. The second kappa shape index (κ2) is 9.21. The average molecular weight is 211 g/mol. The molecule has 0 aliphatic carbocycles. The van der Waals surface area contributed by atoms with E-state index in [4.69, 9.17) is 5.26 Å². The zero-order valence-electron chi connectivity index (χ0n) is 3.80. The van der Waals surface area contributed by atoms with Crippen LogP contribution in [0.4, 0.5) is 0 Å². The Labute approximate surface area is 88.2 Å². The molecule has 0 aromatic rings. The Morgan fingerprint density at radius 1 is 2.00 bits per heavy atom. The van der Waals surface area contributed by atoms with Gasteiger partial charge in [-0.15, -0.1) is 0 Å². The standard InChI is InChI=1S/CHNOTe.K.H/c2-1-3-4;;/h4H;;/q;+1;-1. The van der Waals surface area contributed by atoms with Crippen LogP contribution in [0, 0.1) is 11.5 Å². The van der Waals surface area contributed by atoms with Gasteiger partial charge >= 0.3 is 88.7 Å². The van der Waals surface area contributed by atoms with Gasteiger partial charge in [-0.1, -0.05) is 0 Å². The summed E-state index contributed by atoms with van der Waals surface area (Å²) in [7, 11) is 0. The third-order valence-electron chi connectivity index (χ3n) is 0.0408. The second-order valence-electron chi connectivity index (χ2n) is 0.183. The molecule has 0 unspecified atom stereocenters. The van der Waals surface area contributed by atoms with Crippen LogP contribution in [0.2, 0.25) is 0 Å². The zero-order chi connectivity index (χ0) is 3.41. The molecule has 0 N–H and O–H groups in total. The van der Waals surface area contributed by atoms with Crippen LogP contribution in [-0.2, 0) is 3.10 Å². The van der Waals surface area contributed by atoms with E-state index in [0.717, 1.165) is 22.7 Å². The predicted octanol–water partition coefficient (Wildman–Crippen LogP) is -3.58. The largest absolute Gasteiger partial charge is 1.00 e. The van der Waals surface area contributed by atoms with Gasteiger partial charge in [0.15, 0.2) is 0 Å². The minimum absolute atomic E-state index is 0. The van der Waals surface area contributed by atoms with Crippen molar-refractivity contribution in [3.8, 4) is 6.26 Å². The smallest absolute Gasteiger partial charge is 1.00 e. The number of hydrogen-bond donors (Lipinski definition) is 0. The summed E-state index contributed by atoms with van der Waals surface area (Å²) in [5, 5.41) is 7.42. The number of nitriles is 1. The Kier molecular flexibility index (Phi) is 18.2. The maximum Gasteiger partial charge on any atom is 1.00 e. The number of nitrogens with zero attached hydrogens (tertiary/aromatic N) is 1. The topological polar surface area (TPSA) is 33.0 Å². The molecule has 2 nitrogen and oxygen atoms in total. The molecule has 4 heteroatoms. The average Bonchev–Trinajstić information content (AvgIpc) is 1.37. The molecule has 0 fully saturated rings. The van der Waals surface area contributed by atoms with E-state index in [9.17, 15) is 0 Å². The van der Waals surface area contributed by atoms with Crippen molar-refractivity contribution in [2.75, 3.05) is 0 Å². The third kappa shape index (κ3) is 10.7. The maximum atomic E-state index is 7.42. The van der Waals surface area contributed by atoms with Gasteiger partial charge in [0.1, 0.15) is 0 Å². The predicted molar refractivity (Wildman–Crippen MR) is 15.0 cm³/mol. The van der Waals surface area contributed by atoms with Gasteiger partial charge in [-0.2, -0.15) is 0 Å². The summed E-state index contributed by atoms with van der Waals surface area (Å²) in [4.78, 5) is 0. The fourth-order valence-electron chi connectivity index (χ4n) is 0. The Hall–Kier alpha value is 1.72. The van der Waals surface area contributed by atoms with Gasteiger partial charge in [0.05, 0.1) is 0 Å². The molecule has 0 rings (SSSR count). The van der Waals surface area contributed by atoms with Crippen LogP contribution in [-0.4, -0.2) is 22.7 Å². The van der Waals surface area contributed by atoms with Crippen molar-refractivity contribution >= 4 is 22.7 Å². The molecule has 0 aliphatic heterocycles. The monoisotopic (exact) mass is 213 g/mol. The fourth-order valence-corrected chi connectivity index (χ4v) is 0. The zero-order valence-corrected chi connectivity index (χ0v) is 8.48. The van der Waals surface area contributed by atoms with E-state index in [1.165, 1.54) is 6.26 Å². The van der Waals surface area contributed by atoms with E-state index in [1.807, 2.05) is 0 Å². The Morgan fingerprint density at radius 3 is 2.20 bits per heavy atom. The quantitative estimate of drug-likeness (QED) is 0.306. The Balaban J connectivity index is -0.0000000450. The van der Waals surface area contributed by atoms with Crippen molar-refractivity contribution in [3.63, 3.8) is 0 Å². The normalized spacial score (nSPS) is 3.20. The SMILES string of the molecule is N#CO[TeH].[H-].[K+]. The fraction of sp³-hybridized carbons (Fsp3) is 0. The van der Waals surface area contributed by atoms with Gasteiger partial charge in [0, 0.05) is 0 Å². The molecule has 0 aliphatic rings. The van der Waals surface area contributed by atoms with Crippen LogP contribution >= 0.6 is 0 Å². The van der Waals surface area contributed by atoms with Gasteiger partial charge in [-0.25, -0.2) is 0 Å². The van der Waals surface area contributed by atoms with Gasteiger partial charge in [-0.05, 0) is 0 Å². The van der Waals surface area contributed by atoms with Crippen molar-refractivity contribution in [2.45, 2.75) is 0 Å². The maximum absolute atomic E-state index is 7.42. The first-order valence-corrected chi connectivity index (χ1v) is 1.65. The Bertz CT molecular complexity index is 45.3. The molecule has 0 saturated heterocycles. The van der Waals surface area contributed by atoms with E-state index in [0.29, 0.717) is 0 Å². The summed E-state index contributed by atoms with van der Waals surface area (Å²) in [6.07, 6.45) is 1.45. The first kappa shape index (κ1) is 9.87. The molecular weight excluding hydrogens is 209 g/mol. The molecule has 0 aromatic carbocycles. The summed E-state index contributed by atoms with van der Waals surface area (Å²) >= 11 is 1.03. The van der Waals surface area contributed by atoms with E-state index in [1.54, 1.807) is 0 Å². The summed E-state index contributed by atoms with van der Waals surface area (Å²) in [5.41, 5.74) is 0. The van der Waals surface area contributed by atoms with E-state index >= 15 is 0 Å². The first-order chi connectivity index (χ1) is 1.91. The molecule has 0 bridgehead atoms. The van der Waals surface area contributed by atoms with Gasteiger partial charge < -0.3 is 1.43 Å². The molecule has 0 spiro atoms. The molecule has 0 radical (unpaired) electrons. The molecule has 0 aromatic heterocycles. The molecule has 24 valence electrons. The van der Waals surface area contributed by atoms with Crippen LogP contribution in [0.5, 0.6) is 0 Å². The molecular formula is CH2KNOTe. The van der Waals surface area contributed by atoms with Crippen LogP contribution < -0.4 is 51.4 Å². The number of rotatable bonds is 0. The molecule has 0 amide bonds. The Morgan fingerprint density at radius 2 is 2.20 bits per heavy atom. The minimum Gasteiger partial charge on any atom is -1.00 e. The van der Waals surface area contributed by atoms with Crippen molar-refractivity contribution < 1.29 is 55.9 Å². The molecule has 0 saturated carbocycles. The second-order valence-corrected chi connectivity index (χ2v) is 0.704. The number of hydrogen-bond acceptors (Lipinski definition) is 2. The molecule has 5 heavy (non-hydrogen) atoms. The van der Waals surface area contributed by atoms with Crippen LogP contribution in [0.25, 0.3) is 0 Å². The summed E-state index contributed by atoms with van der Waals surface area (Å²) < 4.78 is 3.90. The third-order valence-corrected chi connectivity index (χ3v) is 0.274. The van der Waals surface area contributed by atoms with E-state index < -0.39 is 0 Å². The van der Waals surface area contributed by atoms with Crippen molar-refractivity contribution in [3.05, 3.63) is 0 Å². The van der Waals surface area contributed by atoms with Crippen LogP contribution in [0.3, 0.4) is 0 Å². The van der Waals surface area contributed by atoms with Crippen molar-refractivity contribution in [2.24, 2.45) is 0 Å². The van der Waals surface area contributed by atoms with Gasteiger partial charge in [-0.3, -0.25) is 0 Å². The van der Waals surface area contributed by atoms with Crippen LogP contribution in [0.1, 0.15) is 1.43 Å². The first-order valence-electron chi connectivity index (χ1n) is 0.610. The summed E-state index contributed by atoms with van der Waals surface area (Å²) in [5.74, 6) is 0.